The van der Waals surface area contributed by atoms with E-state index in [0.29, 0.717) is 0 Å². The Morgan fingerprint density at radius 1 is 1.83 bits per heavy atom. The van der Waals surface area contributed by atoms with E-state index in [1.165, 1.54) is 6.08 Å². The van der Waals surface area contributed by atoms with E-state index in [1.54, 1.807) is 13.2 Å². The van der Waals surface area contributed by atoms with E-state index in [2.05, 4.69) is 5.32 Å². The maximum atomic E-state index is 7.82. The average molecular weight is 82.1 g/mol. The molecule has 0 atom stereocenters. The van der Waals surface area contributed by atoms with Crippen LogP contribution in [0.3, 0.4) is 0 Å². The quantitative estimate of drug-likeness (QED) is 0.460. The molecule has 0 radical (unpaired) electrons. The van der Waals surface area contributed by atoms with Gasteiger partial charge in [-0.1, -0.05) is 0 Å². The molecule has 0 aromatic heterocycles. The molecular weight excluding hydrogens is 76.1 g/mol. The molecule has 0 spiro atoms. The second-order valence-electron chi connectivity index (χ2n) is 0.751. The van der Waals surface area contributed by atoms with E-state index >= 15 is 0 Å². The minimum absolute atomic E-state index is 1.38. The van der Waals surface area contributed by atoms with Crippen LogP contribution < -0.4 is 5.32 Å². The molecule has 0 bridgehead atoms. The van der Waals surface area contributed by atoms with Gasteiger partial charge in [-0.05, 0) is 0 Å². The Labute approximate surface area is 37.1 Å². The van der Waals surface area contributed by atoms with Crippen molar-refractivity contribution in [2.45, 2.75) is 0 Å². The first-order valence-corrected chi connectivity index (χ1v) is 1.63. The fourth-order valence-electron chi connectivity index (χ4n) is 0.121. The molecule has 0 saturated carbocycles. The zero-order valence-corrected chi connectivity index (χ0v) is 3.60. The van der Waals surface area contributed by atoms with Gasteiger partial charge in [0.05, 0.1) is 6.07 Å². The Hall–Kier alpha value is -0.970. The van der Waals surface area contributed by atoms with Crippen LogP contribution in [0.1, 0.15) is 0 Å². The van der Waals surface area contributed by atoms with Crippen LogP contribution >= 0.6 is 0 Å². The van der Waals surface area contributed by atoms with Crippen molar-refractivity contribution in [1.29, 1.82) is 5.26 Å². The van der Waals surface area contributed by atoms with E-state index in [9.17, 15) is 0 Å². The van der Waals surface area contributed by atoms with Crippen LogP contribution in [-0.2, 0) is 0 Å². The molecule has 6 heavy (non-hydrogen) atoms. The van der Waals surface area contributed by atoms with Gasteiger partial charge >= 0.3 is 0 Å². The largest absolute Gasteiger partial charge is 0.393 e. The Morgan fingerprint density at radius 3 is 2.67 bits per heavy atom. The molecule has 2 heteroatoms. The maximum absolute atomic E-state index is 7.82. The van der Waals surface area contributed by atoms with Crippen LogP contribution in [0.5, 0.6) is 0 Å². The van der Waals surface area contributed by atoms with E-state index < -0.39 is 0 Å². The lowest BCUT2D eigenvalue weighted by atomic mass is 10.7. The first-order chi connectivity index (χ1) is 2.91. The van der Waals surface area contributed by atoms with Gasteiger partial charge in [0.15, 0.2) is 0 Å². The third-order valence-electron chi connectivity index (χ3n) is 0.325. The summed E-state index contributed by atoms with van der Waals surface area (Å²) in [6.07, 6.45) is 2.94. The summed E-state index contributed by atoms with van der Waals surface area (Å²) in [6.45, 7) is 0. The molecule has 0 aliphatic heterocycles. The van der Waals surface area contributed by atoms with Gasteiger partial charge in [0, 0.05) is 19.3 Å². The summed E-state index contributed by atoms with van der Waals surface area (Å²) < 4.78 is 0. The molecule has 0 aliphatic carbocycles. The lowest BCUT2D eigenvalue weighted by molar-refractivity contribution is 1.10. The van der Waals surface area contributed by atoms with Gasteiger partial charge in [0.2, 0.25) is 0 Å². The molecular formula is C4H6N2. The summed E-state index contributed by atoms with van der Waals surface area (Å²) in [5.74, 6) is 0. The first-order valence-electron chi connectivity index (χ1n) is 1.63. The van der Waals surface area contributed by atoms with Gasteiger partial charge < -0.3 is 5.32 Å². The van der Waals surface area contributed by atoms with Gasteiger partial charge in [-0.2, -0.15) is 5.26 Å². The number of hydrogen-bond donors (Lipinski definition) is 1. The highest BCUT2D eigenvalue weighted by Crippen LogP contribution is 1.54. The lowest BCUT2D eigenvalue weighted by Gasteiger charge is -1.73. The molecule has 0 heterocycles. The molecule has 32 valence electrons. The van der Waals surface area contributed by atoms with Gasteiger partial charge in [-0.25, -0.2) is 0 Å². The van der Waals surface area contributed by atoms with E-state index in [-0.39, 0.29) is 0 Å². The fraction of sp³-hybridized carbons (Fsp3) is 0.250. The third-order valence-corrected chi connectivity index (χ3v) is 0.325. The van der Waals surface area contributed by atoms with Crippen LogP contribution in [0.25, 0.3) is 0 Å². The molecule has 1 N–H and O–H groups in total. The topological polar surface area (TPSA) is 35.8 Å². The van der Waals surface area contributed by atoms with E-state index in [4.69, 9.17) is 5.26 Å². The van der Waals surface area contributed by atoms with Crippen molar-refractivity contribution >= 4 is 0 Å². The highest BCUT2D eigenvalue weighted by atomic mass is 14.8. The number of allylic oxidation sites excluding steroid dienone is 1. The summed E-state index contributed by atoms with van der Waals surface area (Å²) in [4.78, 5) is 0. The number of rotatable bonds is 1. The second kappa shape index (κ2) is 4.03. The Bertz CT molecular complexity index is 78.0. The standard InChI is InChI=1S/C4H6N2/c1-6-4-2-3-5/h2,4,6H,1H3/b4-2-. The Morgan fingerprint density at radius 2 is 2.50 bits per heavy atom. The van der Waals surface area contributed by atoms with E-state index in [1.807, 2.05) is 6.07 Å². The number of nitriles is 1. The van der Waals surface area contributed by atoms with Crippen molar-refractivity contribution in [2.24, 2.45) is 0 Å². The molecule has 0 amide bonds. The highest BCUT2D eigenvalue weighted by Gasteiger charge is 1.53. The zero-order chi connectivity index (χ0) is 4.83. The summed E-state index contributed by atoms with van der Waals surface area (Å²) in [5.41, 5.74) is 0. The first kappa shape index (κ1) is 5.03. The van der Waals surface area contributed by atoms with Gasteiger partial charge in [-0.3, -0.25) is 0 Å². The molecule has 0 aromatic carbocycles. The van der Waals surface area contributed by atoms with Crippen molar-refractivity contribution in [2.75, 3.05) is 7.05 Å². The fourth-order valence-corrected chi connectivity index (χ4v) is 0.121. The number of nitrogens with zero attached hydrogens (tertiary/aromatic N) is 1. The maximum Gasteiger partial charge on any atom is 0.0927 e. The third kappa shape index (κ3) is 3.03. The SMILES string of the molecule is CN/C=C\C#N. The molecule has 0 aliphatic rings. The van der Waals surface area contributed by atoms with Crippen LogP contribution in [0, 0.1) is 11.3 Å². The van der Waals surface area contributed by atoms with Gasteiger partial charge in [0.1, 0.15) is 0 Å². The molecule has 0 saturated heterocycles. The zero-order valence-electron chi connectivity index (χ0n) is 3.60. The molecule has 0 unspecified atom stereocenters. The van der Waals surface area contributed by atoms with Gasteiger partial charge in [-0.15, -0.1) is 0 Å². The molecule has 0 aromatic rings. The van der Waals surface area contributed by atoms with Crippen LogP contribution in [0.15, 0.2) is 12.3 Å². The minimum Gasteiger partial charge on any atom is -0.393 e. The summed E-state index contributed by atoms with van der Waals surface area (Å²) in [5, 5.41) is 10.5. The highest BCUT2D eigenvalue weighted by molar-refractivity contribution is 4.99. The van der Waals surface area contributed by atoms with Crippen molar-refractivity contribution in [3.63, 3.8) is 0 Å². The van der Waals surface area contributed by atoms with Crippen molar-refractivity contribution in [1.82, 2.24) is 5.32 Å². The molecule has 0 fully saturated rings. The summed E-state index contributed by atoms with van der Waals surface area (Å²) >= 11 is 0. The predicted molar refractivity (Wildman–Crippen MR) is 23.8 cm³/mol. The van der Waals surface area contributed by atoms with Crippen molar-refractivity contribution in [3.8, 4) is 6.07 Å². The van der Waals surface area contributed by atoms with Crippen molar-refractivity contribution in [3.05, 3.63) is 12.3 Å². The summed E-state index contributed by atoms with van der Waals surface area (Å²) in [6, 6.07) is 1.83. The van der Waals surface area contributed by atoms with Crippen molar-refractivity contribution < 1.29 is 0 Å². The molecule has 0 rings (SSSR count). The van der Waals surface area contributed by atoms with Crippen LogP contribution in [0.4, 0.5) is 0 Å². The smallest absolute Gasteiger partial charge is 0.0927 e. The van der Waals surface area contributed by atoms with Crippen LogP contribution in [0.2, 0.25) is 0 Å². The minimum atomic E-state index is 1.38. The van der Waals surface area contributed by atoms with Crippen LogP contribution in [-0.4, -0.2) is 7.05 Å². The summed E-state index contributed by atoms with van der Waals surface area (Å²) in [7, 11) is 1.74. The average Bonchev–Trinajstić information content (AvgIpc) is 1.61. The Kier molecular flexibility index (Phi) is 3.38. The normalized spacial score (nSPS) is 8.00. The lowest BCUT2D eigenvalue weighted by Crippen LogP contribution is -1.89. The monoisotopic (exact) mass is 82.1 g/mol. The number of hydrogen-bond acceptors (Lipinski definition) is 2. The molecule has 2 nitrogen and oxygen atoms in total. The second-order valence-corrected chi connectivity index (χ2v) is 0.751. The Balaban J connectivity index is 3.02. The van der Waals surface area contributed by atoms with E-state index in [0.717, 1.165) is 0 Å². The number of nitrogens with one attached hydrogen (secondary N) is 1. The predicted octanol–water partition coefficient (Wildman–Crippen LogP) is 0.243. The van der Waals surface area contributed by atoms with Gasteiger partial charge in [0.25, 0.3) is 0 Å².